The predicted molar refractivity (Wildman–Crippen MR) is 87.1 cm³/mol. The minimum absolute atomic E-state index is 0.310. The van der Waals surface area contributed by atoms with E-state index in [0.29, 0.717) is 37.5 Å². The van der Waals surface area contributed by atoms with Crippen LogP contribution >= 0.6 is 0 Å². The molecule has 0 saturated heterocycles. The van der Waals surface area contributed by atoms with Gasteiger partial charge in [-0.15, -0.1) is 0 Å². The van der Waals surface area contributed by atoms with E-state index in [4.69, 9.17) is 9.47 Å². The Bertz CT molecular complexity index is 568. The highest BCUT2D eigenvalue weighted by Gasteiger charge is 2.40. The third kappa shape index (κ3) is 4.67. The van der Waals surface area contributed by atoms with E-state index in [-0.39, 0.29) is 0 Å². The second-order valence-corrected chi connectivity index (χ2v) is 5.98. The number of ether oxygens (including phenoxy) is 2. The van der Waals surface area contributed by atoms with Crippen LogP contribution in [0.2, 0.25) is 0 Å². The SMILES string of the molecule is COCCOc1cc(C(=O)NC2(C(=O)O)CCCCCC2)ccn1. The molecule has 0 unspecified atom stereocenters. The third-order valence-corrected chi connectivity index (χ3v) is 4.25. The first-order valence-corrected chi connectivity index (χ1v) is 8.21. The molecule has 1 amide bonds. The fraction of sp³-hybridized carbons (Fsp3) is 0.588. The summed E-state index contributed by atoms with van der Waals surface area (Å²) in [6.07, 6.45) is 5.97. The highest BCUT2D eigenvalue weighted by Crippen LogP contribution is 2.28. The zero-order chi connectivity index (χ0) is 17.4. The lowest BCUT2D eigenvalue weighted by molar-refractivity contribution is -0.145. The van der Waals surface area contributed by atoms with Gasteiger partial charge >= 0.3 is 5.97 Å². The number of methoxy groups -OCH3 is 1. The van der Waals surface area contributed by atoms with Crippen molar-refractivity contribution < 1.29 is 24.2 Å². The first-order valence-electron chi connectivity index (χ1n) is 8.21. The molecule has 7 nitrogen and oxygen atoms in total. The Hall–Kier alpha value is -2.15. The number of carboxylic acid groups (broad SMARTS) is 1. The number of carboxylic acids is 1. The largest absolute Gasteiger partial charge is 0.480 e. The number of carbonyl (C=O) groups is 2. The van der Waals surface area contributed by atoms with Crippen molar-refractivity contribution in [1.29, 1.82) is 0 Å². The normalized spacial score (nSPS) is 16.9. The molecule has 2 rings (SSSR count). The molecule has 0 radical (unpaired) electrons. The molecule has 0 bridgehead atoms. The maximum atomic E-state index is 12.5. The van der Waals surface area contributed by atoms with Gasteiger partial charge in [0.05, 0.1) is 6.61 Å². The van der Waals surface area contributed by atoms with Gasteiger partial charge in [0, 0.05) is 24.9 Å². The molecule has 1 aromatic heterocycles. The van der Waals surface area contributed by atoms with Crippen molar-refractivity contribution in [2.24, 2.45) is 0 Å². The Morgan fingerprint density at radius 1 is 1.25 bits per heavy atom. The van der Waals surface area contributed by atoms with Gasteiger partial charge in [-0.25, -0.2) is 9.78 Å². The van der Waals surface area contributed by atoms with E-state index < -0.39 is 17.4 Å². The highest BCUT2D eigenvalue weighted by atomic mass is 16.5. The summed E-state index contributed by atoms with van der Waals surface area (Å²) in [4.78, 5) is 28.3. The average molecular weight is 336 g/mol. The molecule has 7 heteroatoms. The number of rotatable bonds is 7. The zero-order valence-corrected chi connectivity index (χ0v) is 13.9. The highest BCUT2D eigenvalue weighted by molar-refractivity contribution is 5.98. The van der Waals surface area contributed by atoms with Crippen LogP contribution < -0.4 is 10.1 Å². The molecule has 1 aliphatic carbocycles. The summed E-state index contributed by atoms with van der Waals surface area (Å²) in [6, 6.07) is 3.06. The number of hydrogen-bond acceptors (Lipinski definition) is 5. The van der Waals surface area contributed by atoms with Crippen molar-refractivity contribution in [2.45, 2.75) is 44.1 Å². The number of nitrogens with one attached hydrogen (secondary N) is 1. The summed E-state index contributed by atoms with van der Waals surface area (Å²) >= 11 is 0. The number of nitrogens with zero attached hydrogens (tertiary/aromatic N) is 1. The average Bonchev–Trinajstić information content (AvgIpc) is 2.82. The quantitative estimate of drug-likeness (QED) is 0.584. The van der Waals surface area contributed by atoms with Gasteiger partial charge in [0.15, 0.2) is 0 Å². The minimum atomic E-state index is -1.19. The zero-order valence-electron chi connectivity index (χ0n) is 13.9. The van der Waals surface area contributed by atoms with E-state index in [2.05, 4.69) is 10.3 Å². The fourth-order valence-corrected chi connectivity index (χ4v) is 2.87. The minimum Gasteiger partial charge on any atom is -0.480 e. The second kappa shape index (κ2) is 8.63. The van der Waals surface area contributed by atoms with Crippen molar-refractivity contribution in [3.05, 3.63) is 23.9 Å². The van der Waals surface area contributed by atoms with E-state index in [0.717, 1.165) is 25.7 Å². The lowest BCUT2D eigenvalue weighted by Gasteiger charge is -2.29. The lowest BCUT2D eigenvalue weighted by atomic mass is 9.90. The molecule has 0 atom stereocenters. The molecule has 1 aromatic rings. The number of hydrogen-bond donors (Lipinski definition) is 2. The van der Waals surface area contributed by atoms with Crippen molar-refractivity contribution in [1.82, 2.24) is 10.3 Å². The summed E-state index contributed by atoms with van der Waals surface area (Å²) in [6.45, 7) is 0.744. The van der Waals surface area contributed by atoms with Crippen LogP contribution in [0.5, 0.6) is 5.88 Å². The first kappa shape index (κ1) is 18.2. The Morgan fingerprint density at radius 2 is 1.96 bits per heavy atom. The summed E-state index contributed by atoms with van der Waals surface area (Å²) in [5.74, 6) is -1.08. The summed E-state index contributed by atoms with van der Waals surface area (Å²) in [5, 5.41) is 12.4. The molecule has 2 N–H and O–H groups in total. The van der Waals surface area contributed by atoms with Crippen LogP contribution in [0.3, 0.4) is 0 Å². The standard InChI is InChI=1S/C17H24N2O5/c1-23-10-11-24-14-12-13(6-9-18-14)15(20)19-17(16(21)22)7-4-2-3-5-8-17/h6,9,12H,2-5,7-8,10-11H2,1H3,(H,19,20)(H,21,22). The number of carbonyl (C=O) groups excluding carboxylic acids is 1. The van der Waals surface area contributed by atoms with E-state index in [1.165, 1.54) is 12.3 Å². The van der Waals surface area contributed by atoms with Crippen LogP contribution in [0.15, 0.2) is 18.3 Å². The van der Waals surface area contributed by atoms with Gasteiger partial charge < -0.3 is 19.9 Å². The van der Waals surface area contributed by atoms with E-state index in [1.54, 1.807) is 13.2 Å². The molecule has 1 saturated carbocycles. The van der Waals surface area contributed by atoms with Gasteiger partial charge in [-0.05, 0) is 18.9 Å². The summed E-state index contributed by atoms with van der Waals surface area (Å²) in [5.41, 5.74) is -0.851. The van der Waals surface area contributed by atoms with Crippen molar-refractivity contribution >= 4 is 11.9 Å². The van der Waals surface area contributed by atoms with Crippen molar-refractivity contribution in [3.63, 3.8) is 0 Å². The van der Waals surface area contributed by atoms with Gasteiger partial charge in [0.2, 0.25) is 5.88 Å². The Labute approximate surface area is 141 Å². The molecule has 132 valence electrons. The molecule has 1 fully saturated rings. The first-order chi connectivity index (χ1) is 11.6. The molecular weight excluding hydrogens is 312 g/mol. The smallest absolute Gasteiger partial charge is 0.329 e. The van der Waals surface area contributed by atoms with Gasteiger partial charge in [0.1, 0.15) is 12.1 Å². The topological polar surface area (TPSA) is 97.8 Å². The van der Waals surface area contributed by atoms with Crippen LogP contribution in [-0.2, 0) is 9.53 Å². The van der Waals surface area contributed by atoms with Gasteiger partial charge in [0.25, 0.3) is 5.91 Å². The summed E-state index contributed by atoms with van der Waals surface area (Å²) < 4.78 is 10.3. The molecule has 1 aliphatic rings. The maximum absolute atomic E-state index is 12.5. The van der Waals surface area contributed by atoms with Crippen LogP contribution in [0.1, 0.15) is 48.9 Å². The van der Waals surface area contributed by atoms with Crippen molar-refractivity contribution in [2.75, 3.05) is 20.3 Å². The number of pyridine rings is 1. The molecular formula is C17H24N2O5. The number of aromatic nitrogens is 1. The molecule has 0 spiro atoms. The maximum Gasteiger partial charge on any atom is 0.329 e. The van der Waals surface area contributed by atoms with Crippen LogP contribution in [0, 0.1) is 0 Å². The van der Waals surface area contributed by atoms with E-state index in [9.17, 15) is 14.7 Å². The predicted octanol–water partition coefficient (Wildman–Crippen LogP) is 2.01. The monoisotopic (exact) mass is 336 g/mol. The van der Waals surface area contributed by atoms with Gasteiger partial charge in [-0.1, -0.05) is 25.7 Å². The van der Waals surface area contributed by atoms with Crippen LogP contribution in [-0.4, -0.2) is 47.8 Å². The van der Waals surface area contributed by atoms with E-state index in [1.807, 2.05) is 0 Å². The molecule has 0 aromatic carbocycles. The second-order valence-electron chi connectivity index (χ2n) is 5.98. The molecule has 24 heavy (non-hydrogen) atoms. The van der Waals surface area contributed by atoms with Crippen molar-refractivity contribution in [3.8, 4) is 5.88 Å². The molecule has 1 heterocycles. The van der Waals surface area contributed by atoms with Crippen LogP contribution in [0.4, 0.5) is 0 Å². The Morgan fingerprint density at radius 3 is 2.58 bits per heavy atom. The number of aliphatic carboxylic acids is 1. The number of amides is 1. The van der Waals surface area contributed by atoms with Crippen LogP contribution in [0.25, 0.3) is 0 Å². The molecule has 0 aliphatic heterocycles. The lowest BCUT2D eigenvalue weighted by Crippen LogP contribution is -2.54. The third-order valence-electron chi connectivity index (χ3n) is 4.25. The summed E-state index contributed by atoms with van der Waals surface area (Å²) in [7, 11) is 1.57. The fourth-order valence-electron chi connectivity index (χ4n) is 2.87. The Balaban J connectivity index is 2.09. The van der Waals surface area contributed by atoms with Gasteiger partial charge in [-0.3, -0.25) is 4.79 Å². The Kier molecular flexibility index (Phi) is 6.54. The van der Waals surface area contributed by atoms with Gasteiger partial charge in [-0.2, -0.15) is 0 Å². The van der Waals surface area contributed by atoms with E-state index >= 15 is 0 Å².